The van der Waals surface area contributed by atoms with Gasteiger partial charge in [0, 0.05) is 12.1 Å². The summed E-state index contributed by atoms with van der Waals surface area (Å²) in [5, 5.41) is 0. The van der Waals surface area contributed by atoms with Crippen LogP contribution in [0, 0.1) is 0 Å². The summed E-state index contributed by atoms with van der Waals surface area (Å²) >= 11 is 0. The molecule has 1 fully saturated rings. The molecule has 1 atom stereocenters. The molecule has 212 valence electrons. The largest absolute Gasteiger partial charge is 0.573 e. The maximum absolute atomic E-state index is 13.4. The first kappa shape index (κ1) is 28.6. The van der Waals surface area contributed by atoms with Crippen LogP contribution in [0.25, 0.3) is 0 Å². The second-order valence-electron chi connectivity index (χ2n) is 8.16. The van der Waals surface area contributed by atoms with Crippen molar-refractivity contribution in [1.82, 2.24) is 0 Å². The zero-order valence-electron chi connectivity index (χ0n) is 19.6. The Bertz CT molecular complexity index is 1380. The van der Waals surface area contributed by atoms with E-state index >= 15 is 0 Å². The molecule has 40 heavy (non-hydrogen) atoms. The third kappa shape index (κ3) is 7.57. The third-order valence-electron chi connectivity index (χ3n) is 5.32. The van der Waals surface area contributed by atoms with Crippen LogP contribution in [0.4, 0.5) is 50.9 Å². The lowest BCUT2D eigenvalue weighted by molar-refractivity contribution is -0.275. The Morgan fingerprint density at radius 1 is 0.675 bits per heavy atom. The van der Waals surface area contributed by atoms with Crippen molar-refractivity contribution in [1.29, 1.82) is 0 Å². The lowest BCUT2D eigenvalue weighted by Gasteiger charge is -2.25. The van der Waals surface area contributed by atoms with Crippen LogP contribution in [-0.4, -0.2) is 30.7 Å². The third-order valence-corrected chi connectivity index (χ3v) is 5.32. The molecule has 0 aromatic heterocycles. The monoisotopic (exact) mass is 578 g/mol. The molecule has 3 aromatic carbocycles. The fourth-order valence-corrected chi connectivity index (χ4v) is 3.91. The van der Waals surface area contributed by atoms with Crippen LogP contribution < -0.4 is 19.1 Å². The van der Waals surface area contributed by atoms with E-state index in [1.165, 1.54) is 12.1 Å². The summed E-state index contributed by atoms with van der Waals surface area (Å²) < 4.78 is 125. The first-order valence-electron chi connectivity index (χ1n) is 11.0. The Hall–Kier alpha value is -4.43. The van der Waals surface area contributed by atoms with Crippen molar-refractivity contribution < 1.29 is 58.5 Å². The molecule has 6 nitrogen and oxygen atoms in total. The highest BCUT2D eigenvalue weighted by atomic mass is 19.4. The fourth-order valence-electron chi connectivity index (χ4n) is 3.91. The predicted octanol–water partition coefficient (Wildman–Crippen LogP) is 7.63. The van der Waals surface area contributed by atoms with E-state index < -0.39 is 48.3 Å². The smallest absolute Gasteiger partial charge is 0.406 e. The molecule has 0 bridgehead atoms. The maximum atomic E-state index is 13.4. The van der Waals surface area contributed by atoms with Gasteiger partial charge in [-0.25, -0.2) is 4.99 Å². The number of ether oxygens (including phenoxy) is 3. The number of amides is 1. The standard InChI is InChI=1S/C25H15F9N2O4/c26-23(27,28)38-17-8-4-15(5-9-17)35-20-13-21(14-2-1-3-19(12-14)40-25(32,33)34)36(22(20)37)16-6-10-18(11-7-16)39-24(29,30)31/h1-12,21H,13H2. The Morgan fingerprint density at radius 3 is 1.70 bits per heavy atom. The van der Waals surface area contributed by atoms with Crippen LogP contribution in [0.1, 0.15) is 18.0 Å². The van der Waals surface area contributed by atoms with Crippen molar-refractivity contribution in [3.8, 4) is 17.2 Å². The van der Waals surface area contributed by atoms with Gasteiger partial charge in [0.05, 0.1) is 11.7 Å². The highest BCUT2D eigenvalue weighted by molar-refractivity contribution is 6.46. The zero-order valence-corrected chi connectivity index (χ0v) is 19.6. The van der Waals surface area contributed by atoms with Crippen molar-refractivity contribution in [2.24, 2.45) is 4.99 Å². The number of carbonyl (C=O) groups excluding carboxylic acids is 1. The number of alkyl halides is 9. The van der Waals surface area contributed by atoms with Gasteiger partial charge in [-0.15, -0.1) is 39.5 Å². The minimum Gasteiger partial charge on any atom is -0.406 e. The molecule has 0 N–H and O–H groups in total. The normalized spacial score (nSPS) is 17.3. The van der Waals surface area contributed by atoms with Crippen LogP contribution in [-0.2, 0) is 4.79 Å². The minimum atomic E-state index is -4.99. The van der Waals surface area contributed by atoms with Gasteiger partial charge in [-0.2, -0.15) is 0 Å². The molecular weight excluding hydrogens is 563 g/mol. The van der Waals surface area contributed by atoms with Crippen LogP contribution >= 0.6 is 0 Å². The van der Waals surface area contributed by atoms with E-state index in [2.05, 4.69) is 19.2 Å². The molecule has 3 aromatic rings. The van der Waals surface area contributed by atoms with Gasteiger partial charge in [0.15, 0.2) is 0 Å². The Labute approximate surface area is 219 Å². The number of halogens is 9. The van der Waals surface area contributed by atoms with E-state index in [-0.39, 0.29) is 29.1 Å². The number of hydrogen-bond donors (Lipinski definition) is 0. The molecule has 0 aliphatic carbocycles. The number of carbonyl (C=O) groups is 1. The van der Waals surface area contributed by atoms with E-state index in [0.29, 0.717) is 0 Å². The van der Waals surface area contributed by atoms with Gasteiger partial charge in [-0.1, -0.05) is 12.1 Å². The van der Waals surface area contributed by atoms with Crippen LogP contribution in [0.2, 0.25) is 0 Å². The van der Waals surface area contributed by atoms with Crippen LogP contribution in [0.3, 0.4) is 0 Å². The zero-order chi connectivity index (χ0) is 29.3. The molecule has 1 amide bonds. The summed E-state index contributed by atoms with van der Waals surface area (Å²) in [6.45, 7) is 0. The summed E-state index contributed by atoms with van der Waals surface area (Å²) in [5.74, 6) is -2.42. The van der Waals surface area contributed by atoms with E-state index in [1.54, 1.807) is 0 Å². The maximum Gasteiger partial charge on any atom is 0.573 e. The molecule has 1 heterocycles. The Balaban J connectivity index is 1.69. The Morgan fingerprint density at radius 2 is 1.18 bits per heavy atom. The van der Waals surface area contributed by atoms with Gasteiger partial charge >= 0.3 is 19.1 Å². The molecule has 0 spiro atoms. The van der Waals surface area contributed by atoms with Crippen LogP contribution in [0.15, 0.2) is 77.8 Å². The number of nitrogens with zero attached hydrogens (tertiary/aromatic N) is 2. The first-order valence-corrected chi connectivity index (χ1v) is 11.0. The average molecular weight is 578 g/mol. The number of hydrogen-bond acceptors (Lipinski definition) is 5. The number of anilines is 1. The van der Waals surface area contributed by atoms with E-state index in [4.69, 9.17) is 0 Å². The molecule has 0 radical (unpaired) electrons. The number of rotatable bonds is 6. The van der Waals surface area contributed by atoms with E-state index in [0.717, 1.165) is 65.6 Å². The van der Waals surface area contributed by atoms with E-state index in [9.17, 15) is 44.3 Å². The van der Waals surface area contributed by atoms with Gasteiger partial charge in [-0.05, 0) is 66.2 Å². The molecule has 1 unspecified atom stereocenters. The quantitative estimate of drug-likeness (QED) is 0.282. The first-order chi connectivity index (χ1) is 18.6. The average Bonchev–Trinajstić information content (AvgIpc) is 3.14. The lowest BCUT2D eigenvalue weighted by Crippen LogP contribution is -2.29. The molecule has 4 rings (SSSR count). The number of aliphatic imine (C=N–C) groups is 1. The van der Waals surface area contributed by atoms with Gasteiger partial charge in [0.2, 0.25) is 0 Å². The van der Waals surface area contributed by atoms with Crippen molar-refractivity contribution in [3.63, 3.8) is 0 Å². The second-order valence-corrected chi connectivity index (χ2v) is 8.16. The van der Waals surface area contributed by atoms with Gasteiger partial charge in [0.25, 0.3) is 5.91 Å². The summed E-state index contributed by atoms with van der Waals surface area (Å²) in [6, 6.07) is 12.2. The van der Waals surface area contributed by atoms with Gasteiger partial charge in [-0.3, -0.25) is 9.69 Å². The molecule has 1 aliphatic rings. The minimum absolute atomic E-state index is 0.0709. The second kappa shape index (κ2) is 10.6. The predicted molar refractivity (Wildman–Crippen MR) is 121 cm³/mol. The molecule has 1 aliphatic heterocycles. The van der Waals surface area contributed by atoms with E-state index in [1.807, 2.05) is 0 Å². The molecular formula is C25H15F9N2O4. The summed E-state index contributed by atoms with van der Waals surface area (Å²) in [6.07, 6.45) is -15.1. The highest BCUT2D eigenvalue weighted by Crippen LogP contribution is 2.39. The van der Waals surface area contributed by atoms with Crippen LogP contribution in [0.5, 0.6) is 17.2 Å². The highest BCUT2D eigenvalue weighted by Gasteiger charge is 2.40. The molecule has 1 saturated heterocycles. The van der Waals surface area contributed by atoms with Crippen molar-refractivity contribution in [3.05, 3.63) is 78.4 Å². The molecule has 15 heteroatoms. The summed E-state index contributed by atoms with van der Waals surface area (Å²) in [5.41, 5.74) is 0.212. The SMILES string of the molecule is O=C1C(=Nc2ccc(OC(F)(F)F)cc2)CC(c2cccc(OC(F)(F)F)c2)N1c1ccc(OC(F)(F)F)cc1. The van der Waals surface area contributed by atoms with Crippen molar-refractivity contribution >= 4 is 23.0 Å². The van der Waals surface area contributed by atoms with Gasteiger partial charge < -0.3 is 14.2 Å². The lowest BCUT2D eigenvalue weighted by atomic mass is 10.0. The molecule has 0 saturated carbocycles. The van der Waals surface area contributed by atoms with Crippen molar-refractivity contribution in [2.45, 2.75) is 31.5 Å². The fraction of sp³-hybridized carbons (Fsp3) is 0.200. The Kier molecular flexibility index (Phi) is 7.59. The number of benzene rings is 3. The summed E-state index contributed by atoms with van der Waals surface area (Å²) in [7, 11) is 0. The summed E-state index contributed by atoms with van der Waals surface area (Å²) in [4.78, 5) is 18.7. The topological polar surface area (TPSA) is 60.4 Å². The van der Waals surface area contributed by atoms with Crippen molar-refractivity contribution in [2.75, 3.05) is 4.90 Å². The van der Waals surface area contributed by atoms with Gasteiger partial charge in [0.1, 0.15) is 23.0 Å².